The lowest BCUT2D eigenvalue weighted by Gasteiger charge is -1.95. The largest absolute Gasteiger partial charge is 0.284 e. The topological polar surface area (TPSA) is 34.1 Å². The van der Waals surface area contributed by atoms with Gasteiger partial charge in [-0.05, 0) is 42.3 Å². The van der Waals surface area contributed by atoms with Gasteiger partial charge >= 0.3 is 0 Å². The zero-order valence-corrected chi connectivity index (χ0v) is 11.5. The number of halogens is 1. The van der Waals surface area contributed by atoms with Crippen LogP contribution in [0.15, 0.2) is 59.1 Å². The zero-order valence-electron chi connectivity index (χ0n) is 9.89. The highest BCUT2D eigenvalue weighted by Gasteiger charge is 2.13. The van der Waals surface area contributed by atoms with Crippen molar-refractivity contribution in [2.75, 3.05) is 0 Å². The van der Waals surface area contributed by atoms with Crippen molar-refractivity contribution in [3.63, 3.8) is 0 Å². The molecule has 0 heterocycles. The Morgan fingerprint density at radius 1 is 0.895 bits per heavy atom. The monoisotopic (exact) mass is 312 g/mol. The summed E-state index contributed by atoms with van der Waals surface area (Å²) in [7, 11) is 0. The van der Waals surface area contributed by atoms with E-state index in [2.05, 4.69) is 27.8 Å². The van der Waals surface area contributed by atoms with Crippen LogP contribution in [0.5, 0.6) is 0 Å². The van der Waals surface area contributed by atoms with E-state index in [1.54, 1.807) is 36.4 Å². The van der Waals surface area contributed by atoms with Crippen molar-refractivity contribution >= 4 is 27.5 Å². The van der Waals surface area contributed by atoms with E-state index in [0.29, 0.717) is 11.1 Å². The molecule has 0 aliphatic rings. The quantitative estimate of drug-likeness (QED) is 0.484. The lowest BCUT2D eigenvalue weighted by Crippen LogP contribution is -2.11. The van der Waals surface area contributed by atoms with Crippen LogP contribution in [0.3, 0.4) is 0 Å². The molecule has 0 amide bonds. The van der Waals surface area contributed by atoms with Crippen LogP contribution in [0.1, 0.15) is 15.9 Å². The Morgan fingerprint density at radius 3 is 2.16 bits per heavy atom. The molecule has 0 aliphatic heterocycles. The van der Waals surface area contributed by atoms with E-state index < -0.39 is 11.6 Å². The lowest BCUT2D eigenvalue weighted by atomic mass is 10.1. The molecule has 19 heavy (non-hydrogen) atoms. The zero-order chi connectivity index (χ0) is 13.7. The number of carbonyl (C=O) groups is 2. The van der Waals surface area contributed by atoms with Crippen molar-refractivity contribution in [3.05, 3.63) is 70.2 Å². The van der Waals surface area contributed by atoms with Crippen LogP contribution in [0.4, 0.5) is 0 Å². The first-order chi connectivity index (χ1) is 9.16. The second kappa shape index (κ2) is 6.12. The van der Waals surface area contributed by atoms with E-state index in [4.69, 9.17) is 0 Å². The van der Waals surface area contributed by atoms with Gasteiger partial charge in [-0.25, -0.2) is 0 Å². The standard InChI is InChI=1S/C16H9BrO2/c17-14-9-7-13(8-10-14)16(19)15(18)11-6-12-4-2-1-3-5-12/h1-5,7-10H. The molecule has 92 valence electrons. The molecule has 0 unspecified atom stereocenters. The Morgan fingerprint density at radius 2 is 1.53 bits per heavy atom. The van der Waals surface area contributed by atoms with Gasteiger partial charge in [-0.3, -0.25) is 9.59 Å². The van der Waals surface area contributed by atoms with Crippen molar-refractivity contribution < 1.29 is 9.59 Å². The van der Waals surface area contributed by atoms with Crippen molar-refractivity contribution in [2.45, 2.75) is 0 Å². The summed E-state index contributed by atoms with van der Waals surface area (Å²) in [5, 5.41) is 0. The predicted octanol–water partition coefficient (Wildman–Crippen LogP) is 3.25. The van der Waals surface area contributed by atoms with Crippen LogP contribution in [0, 0.1) is 11.8 Å². The van der Waals surface area contributed by atoms with Crippen molar-refractivity contribution in [2.24, 2.45) is 0 Å². The number of benzene rings is 2. The smallest absolute Gasteiger partial charge is 0.276 e. The molecule has 2 aromatic rings. The number of ketones is 2. The van der Waals surface area contributed by atoms with E-state index in [0.717, 1.165) is 4.47 Å². The maximum Gasteiger partial charge on any atom is 0.276 e. The minimum absolute atomic E-state index is 0.343. The summed E-state index contributed by atoms with van der Waals surface area (Å²) in [6.45, 7) is 0. The molecular formula is C16H9BrO2. The first kappa shape index (κ1) is 13.3. The van der Waals surface area contributed by atoms with Gasteiger partial charge in [0.25, 0.3) is 5.78 Å². The fourth-order valence-electron chi connectivity index (χ4n) is 1.44. The summed E-state index contributed by atoms with van der Waals surface area (Å²) in [5.74, 6) is 3.75. The Bertz CT molecular complexity index is 661. The van der Waals surface area contributed by atoms with Gasteiger partial charge in [-0.1, -0.05) is 40.0 Å². The van der Waals surface area contributed by atoms with Gasteiger partial charge < -0.3 is 0 Å². The number of hydrogen-bond donors (Lipinski definition) is 0. The molecule has 2 aromatic carbocycles. The summed E-state index contributed by atoms with van der Waals surface area (Å²) in [5.41, 5.74) is 1.05. The highest BCUT2D eigenvalue weighted by molar-refractivity contribution is 9.10. The number of hydrogen-bond acceptors (Lipinski definition) is 2. The Labute approximate surface area is 119 Å². The molecule has 0 radical (unpaired) electrons. The average Bonchev–Trinajstić information content (AvgIpc) is 2.46. The van der Waals surface area contributed by atoms with Gasteiger partial charge in [0.05, 0.1) is 0 Å². The Kier molecular flexibility index (Phi) is 4.27. The van der Waals surface area contributed by atoms with Crippen LogP contribution < -0.4 is 0 Å². The van der Waals surface area contributed by atoms with E-state index in [1.165, 1.54) is 0 Å². The number of rotatable bonds is 2. The molecule has 0 bridgehead atoms. The number of carbonyl (C=O) groups excluding carboxylic acids is 2. The normalized spacial score (nSPS) is 9.32. The van der Waals surface area contributed by atoms with E-state index in [1.807, 2.05) is 18.2 Å². The molecule has 0 fully saturated rings. The van der Waals surface area contributed by atoms with Crippen molar-refractivity contribution in [1.29, 1.82) is 0 Å². The second-order valence-corrected chi connectivity index (χ2v) is 4.70. The Balaban J connectivity index is 2.15. The third-order valence-electron chi connectivity index (χ3n) is 2.41. The summed E-state index contributed by atoms with van der Waals surface area (Å²) in [4.78, 5) is 23.5. The van der Waals surface area contributed by atoms with Crippen LogP contribution in [0.2, 0.25) is 0 Å². The van der Waals surface area contributed by atoms with Gasteiger partial charge in [-0.15, -0.1) is 0 Å². The second-order valence-electron chi connectivity index (χ2n) is 3.78. The summed E-state index contributed by atoms with van der Waals surface area (Å²) >= 11 is 3.27. The molecule has 0 saturated carbocycles. The van der Waals surface area contributed by atoms with E-state index >= 15 is 0 Å². The lowest BCUT2D eigenvalue weighted by molar-refractivity contribution is -0.110. The third kappa shape index (κ3) is 3.64. The van der Waals surface area contributed by atoms with Gasteiger partial charge in [0.1, 0.15) is 0 Å². The van der Waals surface area contributed by atoms with Gasteiger partial charge in [0, 0.05) is 15.6 Å². The van der Waals surface area contributed by atoms with Crippen LogP contribution in [-0.4, -0.2) is 11.6 Å². The minimum atomic E-state index is -0.703. The third-order valence-corrected chi connectivity index (χ3v) is 2.94. The van der Waals surface area contributed by atoms with Crippen LogP contribution in [-0.2, 0) is 4.79 Å². The fourth-order valence-corrected chi connectivity index (χ4v) is 1.70. The van der Waals surface area contributed by atoms with Gasteiger partial charge in [-0.2, -0.15) is 0 Å². The molecule has 0 N–H and O–H groups in total. The molecule has 2 nitrogen and oxygen atoms in total. The molecule has 3 heteroatoms. The Hall–Kier alpha value is -2.18. The fraction of sp³-hybridized carbons (Fsp3) is 0. The van der Waals surface area contributed by atoms with E-state index in [9.17, 15) is 9.59 Å². The number of Topliss-reactive ketones (excluding diaryl/α,β-unsaturated/α-hetero) is 2. The average molecular weight is 313 g/mol. The molecular weight excluding hydrogens is 304 g/mol. The summed E-state index contributed by atoms with van der Waals surface area (Å²) < 4.78 is 0.854. The SMILES string of the molecule is O=C(C#Cc1ccccc1)C(=O)c1ccc(Br)cc1. The van der Waals surface area contributed by atoms with Gasteiger partial charge in [0.15, 0.2) is 0 Å². The molecule has 0 aromatic heterocycles. The molecule has 2 rings (SSSR count). The first-order valence-electron chi connectivity index (χ1n) is 5.58. The highest BCUT2D eigenvalue weighted by Crippen LogP contribution is 2.11. The van der Waals surface area contributed by atoms with Crippen LogP contribution >= 0.6 is 15.9 Å². The van der Waals surface area contributed by atoms with Crippen LogP contribution in [0.25, 0.3) is 0 Å². The van der Waals surface area contributed by atoms with Crippen molar-refractivity contribution in [1.82, 2.24) is 0 Å². The van der Waals surface area contributed by atoms with E-state index in [-0.39, 0.29) is 0 Å². The molecule has 0 aliphatic carbocycles. The maximum atomic E-state index is 11.8. The first-order valence-corrected chi connectivity index (χ1v) is 6.37. The van der Waals surface area contributed by atoms with Gasteiger partial charge in [0.2, 0.25) is 5.78 Å². The summed E-state index contributed by atoms with van der Waals surface area (Å²) in [6, 6.07) is 15.7. The van der Waals surface area contributed by atoms with Crippen molar-refractivity contribution in [3.8, 4) is 11.8 Å². The molecule has 0 atom stereocenters. The highest BCUT2D eigenvalue weighted by atomic mass is 79.9. The predicted molar refractivity (Wildman–Crippen MR) is 76.8 cm³/mol. The summed E-state index contributed by atoms with van der Waals surface area (Å²) in [6.07, 6.45) is 0. The maximum absolute atomic E-state index is 11.8. The molecule has 0 spiro atoms. The minimum Gasteiger partial charge on any atom is -0.284 e. The molecule has 0 saturated heterocycles.